The van der Waals surface area contributed by atoms with Crippen LogP contribution in [0.4, 0.5) is 0 Å². The van der Waals surface area contributed by atoms with Gasteiger partial charge in [-0.05, 0) is 37.9 Å². The largest absolute Gasteiger partial charge is 0.310 e. The van der Waals surface area contributed by atoms with Crippen molar-refractivity contribution in [3.8, 4) is 0 Å². The van der Waals surface area contributed by atoms with Gasteiger partial charge in [-0.2, -0.15) is 0 Å². The summed E-state index contributed by atoms with van der Waals surface area (Å²) in [7, 11) is 2.30. The standard InChI is InChI=1S/C17H30N2S/c1-13(2)18-11-16-8-9-17(20-16)12-19(4)15-7-5-6-14(3)10-15/h8-9,13-15,18H,5-7,10-12H2,1-4H3. The minimum absolute atomic E-state index is 0.562. The molecule has 2 rings (SSSR count). The molecule has 0 saturated heterocycles. The topological polar surface area (TPSA) is 15.3 Å². The van der Waals surface area contributed by atoms with Crippen molar-refractivity contribution in [1.82, 2.24) is 10.2 Å². The normalized spacial score (nSPS) is 23.7. The van der Waals surface area contributed by atoms with Crippen LogP contribution in [0.2, 0.25) is 0 Å². The molecule has 0 bridgehead atoms. The average Bonchev–Trinajstić information content (AvgIpc) is 2.84. The minimum Gasteiger partial charge on any atom is -0.310 e. The van der Waals surface area contributed by atoms with E-state index in [1.54, 1.807) is 0 Å². The first-order chi connectivity index (χ1) is 9.54. The third kappa shape index (κ3) is 4.87. The highest BCUT2D eigenvalue weighted by Crippen LogP contribution is 2.28. The molecule has 3 heteroatoms. The molecular weight excluding hydrogens is 264 g/mol. The number of rotatable bonds is 6. The van der Waals surface area contributed by atoms with Crippen molar-refractivity contribution in [3.63, 3.8) is 0 Å². The lowest BCUT2D eigenvalue weighted by Gasteiger charge is -2.33. The highest BCUT2D eigenvalue weighted by molar-refractivity contribution is 7.11. The highest BCUT2D eigenvalue weighted by atomic mass is 32.1. The van der Waals surface area contributed by atoms with E-state index in [0.29, 0.717) is 6.04 Å². The van der Waals surface area contributed by atoms with Crippen molar-refractivity contribution in [2.45, 2.75) is 71.6 Å². The van der Waals surface area contributed by atoms with Crippen LogP contribution in [0.15, 0.2) is 12.1 Å². The third-order valence-electron chi connectivity index (χ3n) is 4.34. The molecule has 0 amide bonds. The van der Waals surface area contributed by atoms with E-state index in [0.717, 1.165) is 25.0 Å². The molecule has 1 N–H and O–H groups in total. The Hall–Kier alpha value is -0.380. The lowest BCUT2D eigenvalue weighted by atomic mass is 9.86. The first kappa shape index (κ1) is 16.0. The summed E-state index contributed by atoms with van der Waals surface area (Å²) in [4.78, 5) is 5.53. The second kappa shape index (κ2) is 7.58. The van der Waals surface area contributed by atoms with Gasteiger partial charge in [0.05, 0.1) is 0 Å². The molecule has 2 nitrogen and oxygen atoms in total. The Labute approximate surface area is 128 Å². The van der Waals surface area contributed by atoms with E-state index in [1.807, 2.05) is 11.3 Å². The molecule has 0 spiro atoms. The summed E-state index contributed by atoms with van der Waals surface area (Å²) >= 11 is 1.96. The first-order valence-corrected chi connectivity index (χ1v) is 8.87. The fraction of sp³-hybridized carbons (Fsp3) is 0.765. The molecule has 1 aliphatic rings. The zero-order valence-electron chi connectivity index (χ0n) is 13.5. The Kier molecular flexibility index (Phi) is 6.06. The van der Waals surface area contributed by atoms with Crippen molar-refractivity contribution < 1.29 is 0 Å². The maximum atomic E-state index is 3.49. The van der Waals surface area contributed by atoms with Gasteiger partial charge in [-0.3, -0.25) is 4.90 Å². The molecular formula is C17H30N2S. The fourth-order valence-corrected chi connectivity index (χ4v) is 4.12. The summed E-state index contributed by atoms with van der Waals surface area (Å²) in [5, 5.41) is 3.49. The van der Waals surface area contributed by atoms with Crippen molar-refractivity contribution in [2.24, 2.45) is 5.92 Å². The van der Waals surface area contributed by atoms with Crippen LogP contribution in [0, 0.1) is 5.92 Å². The summed E-state index contributed by atoms with van der Waals surface area (Å²) in [6.45, 7) is 8.93. The second-order valence-corrected chi connectivity index (χ2v) is 8.00. The number of hydrogen-bond acceptors (Lipinski definition) is 3. The van der Waals surface area contributed by atoms with Gasteiger partial charge in [0.2, 0.25) is 0 Å². The third-order valence-corrected chi connectivity index (χ3v) is 5.41. The Morgan fingerprint density at radius 3 is 2.75 bits per heavy atom. The van der Waals surface area contributed by atoms with Crippen LogP contribution >= 0.6 is 11.3 Å². The van der Waals surface area contributed by atoms with Crippen LogP contribution in [-0.4, -0.2) is 24.0 Å². The molecule has 1 aromatic rings. The lowest BCUT2D eigenvalue weighted by molar-refractivity contribution is 0.159. The predicted octanol–water partition coefficient (Wildman–Crippen LogP) is 4.26. The molecule has 0 aromatic carbocycles. The zero-order valence-corrected chi connectivity index (χ0v) is 14.3. The van der Waals surface area contributed by atoms with E-state index >= 15 is 0 Å². The van der Waals surface area contributed by atoms with Gasteiger partial charge in [0.1, 0.15) is 0 Å². The van der Waals surface area contributed by atoms with E-state index < -0.39 is 0 Å². The van der Waals surface area contributed by atoms with Crippen LogP contribution in [0.25, 0.3) is 0 Å². The Morgan fingerprint density at radius 1 is 1.30 bits per heavy atom. The zero-order chi connectivity index (χ0) is 14.5. The summed E-state index contributed by atoms with van der Waals surface area (Å²) in [5.74, 6) is 0.908. The van der Waals surface area contributed by atoms with Gasteiger partial charge in [-0.25, -0.2) is 0 Å². The second-order valence-electron chi connectivity index (χ2n) is 6.74. The molecule has 1 fully saturated rings. The van der Waals surface area contributed by atoms with Crippen LogP contribution in [-0.2, 0) is 13.1 Å². The van der Waals surface area contributed by atoms with Crippen LogP contribution in [0.1, 0.15) is 56.2 Å². The monoisotopic (exact) mass is 294 g/mol. The number of nitrogens with zero attached hydrogens (tertiary/aromatic N) is 1. The van der Waals surface area contributed by atoms with Gasteiger partial charge >= 0.3 is 0 Å². The molecule has 2 unspecified atom stereocenters. The molecule has 1 saturated carbocycles. The quantitative estimate of drug-likeness (QED) is 0.843. The Morgan fingerprint density at radius 2 is 2.05 bits per heavy atom. The molecule has 1 aromatic heterocycles. The van der Waals surface area contributed by atoms with Gasteiger partial charge in [0.15, 0.2) is 0 Å². The number of hydrogen-bond donors (Lipinski definition) is 1. The first-order valence-electron chi connectivity index (χ1n) is 8.05. The van der Waals surface area contributed by atoms with E-state index in [1.165, 1.54) is 35.4 Å². The van der Waals surface area contributed by atoms with E-state index in [-0.39, 0.29) is 0 Å². The maximum Gasteiger partial charge on any atom is 0.0327 e. The molecule has 0 aliphatic heterocycles. The van der Waals surface area contributed by atoms with Crippen molar-refractivity contribution in [2.75, 3.05) is 7.05 Å². The lowest BCUT2D eigenvalue weighted by Crippen LogP contribution is -2.34. The smallest absolute Gasteiger partial charge is 0.0327 e. The van der Waals surface area contributed by atoms with Gasteiger partial charge in [0.25, 0.3) is 0 Å². The van der Waals surface area contributed by atoms with E-state index in [2.05, 4.69) is 50.2 Å². The summed E-state index contributed by atoms with van der Waals surface area (Å²) in [6, 6.07) is 5.95. The maximum absolute atomic E-state index is 3.49. The Balaban J connectivity index is 1.83. The summed E-state index contributed by atoms with van der Waals surface area (Å²) in [5.41, 5.74) is 0. The molecule has 1 heterocycles. The molecule has 2 atom stereocenters. The molecule has 20 heavy (non-hydrogen) atoms. The fourth-order valence-electron chi connectivity index (χ4n) is 3.08. The van der Waals surface area contributed by atoms with Crippen LogP contribution in [0.3, 0.4) is 0 Å². The van der Waals surface area contributed by atoms with Crippen molar-refractivity contribution in [3.05, 3.63) is 21.9 Å². The minimum atomic E-state index is 0.562. The average molecular weight is 295 g/mol. The van der Waals surface area contributed by atoms with Crippen molar-refractivity contribution in [1.29, 1.82) is 0 Å². The summed E-state index contributed by atoms with van der Waals surface area (Å²) < 4.78 is 0. The molecule has 114 valence electrons. The SMILES string of the molecule is CC1CCCC(N(C)Cc2ccc(CNC(C)C)s2)C1. The van der Waals surface area contributed by atoms with Crippen LogP contribution in [0.5, 0.6) is 0 Å². The van der Waals surface area contributed by atoms with Crippen molar-refractivity contribution >= 4 is 11.3 Å². The van der Waals surface area contributed by atoms with Gasteiger partial charge in [-0.1, -0.05) is 33.6 Å². The predicted molar refractivity (Wildman–Crippen MR) is 89.2 cm³/mol. The van der Waals surface area contributed by atoms with E-state index in [4.69, 9.17) is 0 Å². The van der Waals surface area contributed by atoms with Gasteiger partial charge < -0.3 is 5.32 Å². The van der Waals surface area contributed by atoms with Crippen LogP contribution < -0.4 is 5.32 Å². The van der Waals surface area contributed by atoms with E-state index in [9.17, 15) is 0 Å². The Bertz CT molecular complexity index is 399. The number of nitrogens with one attached hydrogen (secondary N) is 1. The highest BCUT2D eigenvalue weighted by Gasteiger charge is 2.22. The molecule has 1 aliphatic carbocycles. The summed E-state index contributed by atoms with van der Waals surface area (Å²) in [6.07, 6.45) is 5.59. The molecule has 0 radical (unpaired) electrons. The van der Waals surface area contributed by atoms with Gasteiger partial charge in [0, 0.05) is 34.9 Å². The number of thiophene rings is 1. The van der Waals surface area contributed by atoms with Gasteiger partial charge in [-0.15, -0.1) is 11.3 Å².